The summed E-state index contributed by atoms with van der Waals surface area (Å²) in [5, 5.41) is 3.54. The Kier molecular flexibility index (Phi) is 7.37. The maximum Gasteiger partial charge on any atom is 0.267 e. The Morgan fingerprint density at radius 1 is 0.816 bits per heavy atom. The van der Waals surface area contributed by atoms with Crippen LogP contribution in [-0.4, -0.2) is 31.4 Å². The highest BCUT2D eigenvalue weighted by Gasteiger charge is 2.51. The molecule has 6 heteroatoms. The first kappa shape index (κ1) is 26.1. The monoisotopic (exact) mass is 524 g/mol. The van der Waals surface area contributed by atoms with Crippen LogP contribution in [-0.2, 0) is 4.43 Å². The molecule has 0 radical (unpaired) electrons. The van der Waals surface area contributed by atoms with Crippen LogP contribution < -0.4 is 20.8 Å². The van der Waals surface area contributed by atoms with E-state index < -0.39 is 14.2 Å². The average Bonchev–Trinajstić information content (AvgIpc) is 2.92. The van der Waals surface area contributed by atoms with E-state index in [2.05, 4.69) is 86.4 Å². The van der Waals surface area contributed by atoms with Gasteiger partial charge in [-0.3, -0.25) is 4.79 Å². The minimum absolute atomic E-state index is 0.0368. The number of amides is 1. The molecular formula is C32H36N2O3Si. The molecule has 0 atom stereocenters. The zero-order valence-electron chi connectivity index (χ0n) is 22.4. The fourth-order valence-corrected chi connectivity index (χ4v) is 10.5. The summed E-state index contributed by atoms with van der Waals surface area (Å²) in [6.45, 7) is 6.97. The fraction of sp³-hybridized carbons (Fsp3) is 0.312. The molecule has 3 aromatic carbocycles. The van der Waals surface area contributed by atoms with Crippen LogP contribution in [0.2, 0.25) is 5.04 Å². The van der Waals surface area contributed by atoms with Gasteiger partial charge >= 0.3 is 0 Å². The predicted octanol–water partition coefficient (Wildman–Crippen LogP) is 5.60. The standard InChI is InChI=1S/C32H36N2O3Si/c1-32(2,3)38(27-10-6-4-7-11-27,28-12-8-5-9-13-28)37-25-19-17-24(18-20-25)36-26-16-14-23-15-21-29(31(33)35)34-30(23)22-26/h4-16,21-22,24-25H,17-20H2,1-3H3,(H2,33,35). The zero-order valence-corrected chi connectivity index (χ0v) is 23.4. The number of pyridine rings is 1. The Labute approximate surface area is 226 Å². The molecule has 1 aromatic heterocycles. The molecule has 5 nitrogen and oxygen atoms in total. The van der Waals surface area contributed by atoms with Gasteiger partial charge in [0, 0.05) is 17.6 Å². The molecule has 1 aliphatic carbocycles. The van der Waals surface area contributed by atoms with Crippen molar-refractivity contribution in [1.82, 2.24) is 4.98 Å². The molecule has 2 N–H and O–H groups in total. The molecule has 1 fully saturated rings. The molecule has 0 spiro atoms. The predicted molar refractivity (Wildman–Crippen MR) is 156 cm³/mol. The average molecular weight is 525 g/mol. The summed E-state index contributed by atoms with van der Waals surface area (Å²) in [5.74, 6) is 0.236. The van der Waals surface area contributed by atoms with Crippen molar-refractivity contribution >= 4 is 35.5 Å². The quantitative estimate of drug-likeness (QED) is 0.319. The van der Waals surface area contributed by atoms with Crippen LogP contribution >= 0.6 is 0 Å². The van der Waals surface area contributed by atoms with Gasteiger partial charge in [0.05, 0.1) is 11.6 Å². The van der Waals surface area contributed by atoms with E-state index in [0.717, 1.165) is 36.8 Å². The number of hydrogen-bond donors (Lipinski definition) is 1. The summed E-state index contributed by atoms with van der Waals surface area (Å²) in [7, 11) is -2.56. The fourth-order valence-electron chi connectivity index (χ4n) is 5.71. The lowest BCUT2D eigenvalue weighted by Gasteiger charge is -2.46. The summed E-state index contributed by atoms with van der Waals surface area (Å²) >= 11 is 0. The van der Waals surface area contributed by atoms with Crippen molar-refractivity contribution in [2.45, 2.75) is 63.7 Å². The number of fused-ring (bicyclic) bond motifs is 1. The van der Waals surface area contributed by atoms with Crippen molar-refractivity contribution in [2.24, 2.45) is 5.73 Å². The van der Waals surface area contributed by atoms with Crippen LogP contribution in [0.3, 0.4) is 0 Å². The Hall–Kier alpha value is -3.48. The number of ether oxygens (including phenoxy) is 1. The number of hydrogen-bond acceptors (Lipinski definition) is 4. The third kappa shape index (κ3) is 5.24. The third-order valence-corrected chi connectivity index (χ3v) is 12.7. The van der Waals surface area contributed by atoms with Crippen molar-refractivity contribution < 1.29 is 14.0 Å². The van der Waals surface area contributed by atoms with Gasteiger partial charge in [-0.1, -0.05) is 87.5 Å². The van der Waals surface area contributed by atoms with Crippen LogP contribution in [0.1, 0.15) is 56.9 Å². The summed E-state index contributed by atoms with van der Waals surface area (Å²) in [5.41, 5.74) is 6.38. The van der Waals surface area contributed by atoms with E-state index >= 15 is 0 Å². The van der Waals surface area contributed by atoms with Gasteiger partial charge in [0.15, 0.2) is 0 Å². The number of nitrogens with two attached hydrogens (primary N) is 1. The molecule has 0 aliphatic heterocycles. The second-order valence-electron chi connectivity index (χ2n) is 11.2. The minimum atomic E-state index is -2.56. The smallest absolute Gasteiger partial charge is 0.267 e. The van der Waals surface area contributed by atoms with Crippen LogP contribution in [0, 0.1) is 0 Å². The van der Waals surface area contributed by atoms with Gasteiger partial charge in [0.1, 0.15) is 11.4 Å². The molecule has 0 saturated heterocycles. The highest BCUT2D eigenvalue weighted by atomic mass is 28.4. The van der Waals surface area contributed by atoms with Crippen molar-refractivity contribution in [3.8, 4) is 5.75 Å². The highest BCUT2D eigenvalue weighted by molar-refractivity contribution is 6.99. The summed E-state index contributed by atoms with van der Waals surface area (Å²) in [6, 6.07) is 31.0. The highest BCUT2D eigenvalue weighted by Crippen LogP contribution is 2.39. The molecule has 1 heterocycles. The third-order valence-electron chi connectivity index (χ3n) is 7.60. The molecule has 0 unspecified atom stereocenters. The zero-order chi connectivity index (χ0) is 26.8. The number of carbonyl (C=O) groups is 1. The Morgan fingerprint density at radius 3 is 1.92 bits per heavy atom. The Morgan fingerprint density at radius 2 is 1.37 bits per heavy atom. The minimum Gasteiger partial charge on any atom is -0.490 e. The summed E-state index contributed by atoms with van der Waals surface area (Å²) < 4.78 is 13.7. The summed E-state index contributed by atoms with van der Waals surface area (Å²) in [4.78, 5) is 15.9. The number of nitrogens with zero attached hydrogens (tertiary/aromatic N) is 1. The topological polar surface area (TPSA) is 74.4 Å². The van der Waals surface area contributed by atoms with Crippen molar-refractivity contribution in [2.75, 3.05) is 0 Å². The van der Waals surface area contributed by atoms with E-state index in [1.54, 1.807) is 6.07 Å². The van der Waals surface area contributed by atoms with Crippen molar-refractivity contribution in [1.29, 1.82) is 0 Å². The van der Waals surface area contributed by atoms with Crippen LogP contribution in [0.5, 0.6) is 5.75 Å². The maximum atomic E-state index is 11.5. The van der Waals surface area contributed by atoms with E-state index in [1.165, 1.54) is 10.4 Å². The van der Waals surface area contributed by atoms with Crippen LogP contribution in [0.4, 0.5) is 0 Å². The number of aromatic nitrogens is 1. The van der Waals surface area contributed by atoms with Gasteiger partial charge in [0.2, 0.25) is 0 Å². The Bertz CT molecular complexity index is 1360. The van der Waals surface area contributed by atoms with E-state index in [1.807, 2.05) is 24.3 Å². The largest absolute Gasteiger partial charge is 0.490 e. The first-order valence-electron chi connectivity index (χ1n) is 13.4. The van der Waals surface area contributed by atoms with Gasteiger partial charge in [-0.15, -0.1) is 0 Å². The number of rotatable bonds is 7. The number of benzene rings is 3. The molecule has 5 rings (SSSR count). The molecular weight excluding hydrogens is 488 g/mol. The lowest BCUT2D eigenvalue weighted by atomic mass is 9.95. The number of primary amides is 1. The van der Waals surface area contributed by atoms with Crippen LogP contribution in [0.15, 0.2) is 91.0 Å². The molecule has 1 saturated carbocycles. The Balaban J connectivity index is 1.33. The lowest BCUT2D eigenvalue weighted by Crippen LogP contribution is -2.67. The molecule has 1 aliphatic rings. The van der Waals surface area contributed by atoms with Gasteiger partial charge in [-0.05, 0) is 59.3 Å². The van der Waals surface area contributed by atoms with Crippen molar-refractivity contribution in [3.05, 3.63) is 96.7 Å². The molecule has 196 valence electrons. The first-order chi connectivity index (χ1) is 18.3. The maximum absolute atomic E-state index is 11.5. The first-order valence-corrected chi connectivity index (χ1v) is 15.3. The lowest BCUT2D eigenvalue weighted by molar-refractivity contribution is 0.0751. The van der Waals surface area contributed by atoms with Gasteiger partial charge in [-0.2, -0.15) is 0 Å². The number of carbonyl (C=O) groups excluding carboxylic acids is 1. The normalized spacial score (nSPS) is 18.3. The van der Waals surface area contributed by atoms with Crippen LogP contribution in [0.25, 0.3) is 10.9 Å². The van der Waals surface area contributed by atoms with Gasteiger partial charge < -0.3 is 14.9 Å². The molecule has 0 bridgehead atoms. The molecule has 4 aromatic rings. The van der Waals surface area contributed by atoms with E-state index in [9.17, 15) is 4.79 Å². The second-order valence-corrected chi connectivity index (χ2v) is 15.5. The van der Waals surface area contributed by atoms with E-state index in [-0.39, 0.29) is 22.9 Å². The second kappa shape index (κ2) is 10.7. The van der Waals surface area contributed by atoms with Gasteiger partial charge in [-0.25, -0.2) is 4.98 Å². The SMILES string of the molecule is CC(C)(C)[Si](OC1CCC(Oc2ccc3ccc(C(N)=O)nc3c2)CC1)(c1ccccc1)c1ccccc1. The molecule has 38 heavy (non-hydrogen) atoms. The van der Waals surface area contributed by atoms with Crippen molar-refractivity contribution in [3.63, 3.8) is 0 Å². The summed E-state index contributed by atoms with van der Waals surface area (Å²) in [6.07, 6.45) is 4.05. The van der Waals surface area contributed by atoms with E-state index in [4.69, 9.17) is 14.9 Å². The van der Waals surface area contributed by atoms with E-state index in [0.29, 0.717) is 5.52 Å². The molecule has 1 amide bonds. The van der Waals surface area contributed by atoms with Gasteiger partial charge in [0.25, 0.3) is 14.2 Å².